The molecular weight excluding hydrogens is 238 g/mol. The highest BCUT2D eigenvalue weighted by Crippen LogP contribution is 2.33. The van der Waals surface area contributed by atoms with Crippen molar-refractivity contribution in [3.05, 3.63) is 35.4 Å². The van der Waals surface area contributed by atoms with Crippen LogP contribution in [0.3, 0.4) is 0 Å². The third-order valence-corrected chi connectivity index (χ3v) is 5.16. The lowest BCUT2D eigenvalue weighted by molar-refractivity contribution is 0.319. The van der Waals surface area contributed by atoms with Crippen LogP contribution in [0.4, 0.5) is 0 Å². The molecule has 1 N–H and O–H groups in total. The fourth-order valence-electron chi connectivity index (χ4n) is 2.68. The van der Waals surface area contributed by atoms with Crippen LogP contribution >= 0.6 is 11.8 Å². The summed E-state index contributed by atoms with van der Waals surface area (Å²) in [6.45, 7) is 8.03. The minimum atomic E-state index is 0.504. The second-order valence-corrected chi connectivity index (χ2v) is 7.30. The molecule has 1 aromatic carbocycles. The van der Waals surface area contributed by atoms with Gasteiger partial charge in [-0.25, -0.2) is 0 Å². The zero-order chi connectivity index (χ0) is 13.0. The Morgan fingerprint density at radius 2 is 2.22 bits per heavy atom. The van der Waals surface area contributed by atoms with Crippen LogP contribution in [-0.4, -0.2) is 24.1 Å². The molecule has 1 saturated heterocycles. The SMILES string of the molecule is Cc1cccc(CCNC2CSCC(C)(C)C2)c1. The first-order chi connectivity index (χ1) is 8.55. The highest BCUT2D eigenvalue weighted by Gasteiger charge is 2.27. The number of rotatable bonds is 4. The maximum atomic E-state index is 3.72. The lowest BCUT2D eigenvalue weighted by atomic mass is 9.88. The second kappa shape index (κ2) is 6.12. The first-order valence-electron chi connectivity index (χ1n) is 6.92. The van der Waals surface area contributed by atoms with E-state index in [-0.39, 0.29) is 0 Å². The predicted octanol–water partition coefficient (Wildman–Crippen LogP) is 3.66. The molecule has 100 valence electrons. The van der Waals surface area contributed by atoms with E-state index in [1.165, 1.54) is 29.1 Å². The number of aryl methyl sites for hydroxylation is 1. The van der Waals surface area contributed by atoms with Crippen molar-refractivity contribution in [3.8, 4) is 0 Å². The number of benzene rings is 1. The van der Waals surface area contributed by atoms with Crippen molar-refractivity contribution < 1.29 is 0 Å². The van der Waals surface area contributed by atoms with Gasteiger partial charge in [0, 0.05) is 11.8 Å². The topological polar surface area (TPSA) is 12.0 Å². The van der Waals surface area contributed by atoms with Gasteiger partial charge in [0.25, 0.3) is 0 Å². The predicted molar refractivity (Wildman–Crippen MR) is 82.4 cm³/mol. The van der Waals surface area contributed by atoms with Gasteiger partial charge < -0.3 is 5.32 Å². The minimum absolute atomic E-state index is 0.504. The molecule has 1 nitrogen and oxygen atoms in total. The van der Waals surface area contributed by atoms with Gasteiger partial charge in [0.05, 0.1) is 0 Å². The maximum Gasteiger partial charge on any atom is 0.0163 e. The van der Waals surface area contributed by atoms with Gasteiger partial charge in [0.15, 0.2) is 0 Å². The average Bonchev–Trinajstić information content (AvgIpc) is 2.28. The molecule has 1 aliphatic heterocycles. The van der Waals surface area contributed by atoms with Gasteiger partial charge in [0.1, 0.15) is 0 Å². The van der Waals surface area contributed by atoms with E-state index in [0.29, 0.717) is 11.5 Å². The van der Waals surface area contributed by atoms with E-state index in [2.05, 4.69) is 62.1 Å². The van der Waals surface area contributed by atoms with Crippen molar-refractivity contribution in [2.24, 2.45) is 5.41 Å². The van der Waals surface area contributed by atoms with E-state index < -0.39 is 0 Å². The normalized spacial score (nSPS) is 22.9. The Morgan fingerprint density at radius 1 is 1.39 bits per heavy atom. The average molecular weight is 263 g/mol. The maximum absolute atomic E-state index is 3.72. The molecule has 0 amide bonds. The van der Waals surface area contributed by atoms with Crippen LogP contribution in [0.1, 0.15) is 31.4 Å². The van der Waals surface area contributed by atoms with Gasteiger partial charge in [-0.1, -0.05) is 43.7 Å². The summed E-state index contributed by atoms with van der Waals surface area (Å²) in [7, 11) is 0. The van der Waals surface area contributed by atoms with Crippen LogP contribution in [0.25, 0.3) is 0 Å². The van der Waals surface area contributed by atoms with Gasteiger partial charge in [-0.05, 0) is 43.0 Å². The highest BCUT2D eigenvalue weighted by atomic mass is 32.2. The lowest BCUT2D eigenvalue weighted by Gasteiger charge is -2.35. The molecule has 0 radical (unpaired) electrons. The van der Waals surface area contributed by atoms with E-state index >= 15 is 0 Å². The summed E-state index contributed by atoms with van der Waals surface area (Å²) in [5, 5.41) is 3.72. The van der Waals surface area contributed by atoms with Crippen molar-refractivity contribution in [1.29, 1.82) is 0 Å². The van der Waals surface area contributed by atoms with Gasteiger partial charge in [0.2, 0.25) is 0 Å². The van der Waals surface area contributed by atoms with E-state index in [1.54, 1.807) is 0 Å². The van der Waals surface area contributed by atoms with Crippen LogP contribution in [0, 0.1) is 12.3 Å². The number of hydrogen-bond acceptors (Lipinski definition) is 2. The van der Waals surface area contributed by atoms with Crippen molar-refractivity contribution in [2.45, 2.75) is 39.7 Å². The van der Waals surface area contributed by atoms with Crippen molar-refractivity contribution >= 4 is 11.8 Å². The summed E-state index contributed by atoms with van der Waals surface area (Å²) in [6, 6.07) is 9.54. The third-order valence-electron chi connectivity index (χ3n) is 3.54. The Kier molecular flexibility index (Phi) is 4.74. The Labute approximate surface area is 116 Å². The lowest BCUT2D eigenvalue weighted by Crippen LogP contribution is -2.41. The second-order valence-electron chi connectivity index (χ2n) is 6.27. The largest absolute Gasteiger partial charge is 0.313 e. The zero-order valence-corrected chi connectivity index (χ0v) is 12.6. The van der Waals surface area contributed by atoms with E-state index in [9.17, 15) is 0 Å². The summed E-state index contributed by atoms with van der Waals surface area (Å²) in [5.74, 6) is 2.58. The first-order valence-corrected chi connectivity index (χ1v) is 8.07. The molecule has 2 heteroatoms. The monoisotopic (exact) mass is 263 g/mol. The summed E-state index contributed by atoms with van der Waals surface area (Å²) in [4.78, 5) is 0. The third kappa shape index (κ3) is 4.33. The Hall–Kier alpha value is -0.470. The number of thioether (sulfide) groups is 1. The Bertz CT molecular complexity index is 386. The molecule has 0 spiro atoms. The molecule has 1 fully saturated rings. The molecule has 1 atom stereocenters. The molecule has 1 unspecified atom stereocenters. The molecule has 1 heterocycles. The summed E-state index contributed by atoms with van der Waals surface area (Å²) >= 11 is 2.10. The molecule has 0 aliphatic carbocycles. The quantitative estimate of drug-likeness (QED) is 0.890. The van der Waals surface area contributed by atoms with E-state index in [1.807, 2.05) is 0 Å². The molecular formula is C16H25NS. The van der Waals surface area contributed by atoms with Gasteiger partial charge in [-0.3, -0.25) is 0 Å². The van der Waals surface area contributed by atoms with Gasteiger partial charge in [-0.15, -0.1) is 0 Å². The molecule has 0 aromatic heterocycles. The van der Waals surface area contributed by atoms with Gasteiger partial charge in [-0.2, -0.15) is 11.8 Å². The van der Waals surface area contributed by atoms with E-state index in [4.69, 9.17) is 0 Å². The minimum Gasteiger partial charge on any atom is -0.313 e. The van der Waals surface area contributed by atoms with Crippen molar-refractivity contribution in [3.63, 3.8) is 0 Å². The number of nitrogens with one attached hydrogen (secondary N) is 1. The van der Waals surface area contributed by atoms with E-state index in [0.717, 1.165) is 13.0 Å². The Balaban J connectivity index is 1.75. The molecule has 18 heavy (non-hydrogen) atoms. The van der Waals surface area contributed by atoms with Crippen molar-refractivity contribution in [1.82, 2.24) is 5.32 Å². The van der Waals surface area contributed by atoms with Crippen LogP contribution < -0.4 is 5.32 Å². The molecule has 0 saturated carbocycles. The zero-order valence-electron chi connectivity index (χ0n) is 11.8. The summed E-state index contributed by atoms with van der Waals surface area (Å²) < 4.78 is 0. The Morgan fingerprint density at radius 3 is 2.94 bits per heavy atom. The van der Waals surface area contributed by atoms with Crippen molar-refractivity contribution in [2.75, 3.05) is 18.1 Å². The number of hydrogen-bond donors (Lipinski definition) is 1. The fraction of sp³-hybridized carbons (Fsp3) is 0.625. The molecule has 1 aliphatic rings. The van der Waals surface area contributed by atoms with Crippen LogP contribution in [0.15, 0.2) is 24.3 Å². The fourth-order valence-corrected chi connectivity index (χ4v) is 3.99. The van der Waals surface area contributed by atoms with Crippen LogP contribution in [0.2, 0.25) is 0 Å². The molecule has 1 aromatic rings. The van der Waals surface area contributed by atoms with Gasteiger partial charge >= 0.3 is 0 Å². The molecule has 0 bridgehead atoms. The summed E-state index contributed by atoms with van der Waals surface area (Å²) in [6.07, 6.45) is 2.46. The summed E-state index contributed by atoms with van der Waals surface area (Å²) in [5.41, 5.74) is 3.32. The highest BCUT2D eigenvalue weighted by molar-refractivity contribution is 7.99. The van der Waals surface area contributed by atoms with Crippen LogP contribution in [-0.2, 0) is 6.42 Å². The smallest absolute Gasteiger partial charge is 0.0163 e. The standard InChI is InChI=1S/C16H25NS/c1-13-5-4-6-14(9-13)7-8-17-15-10-16(2,3)12-18-11-15/h4-6,9,15,17H,7-8,10-12H2,1-3H3. The first kappa shape index (κ1) is 14.0. The van der Waals surface area contributed by atoms with Crippen LogP contribution in [0.5, 0.6) is 0 Å². The molecule has 2 rings (SSSR count).